The molecule has 5 nitrogen and oxygen atoms in total. The first-order valence-corrected chi connectivity index (χ1v) is 7.79. The summed E-state index contributed by atoms with van der Waals surface area (Å²) in [6, 6.07) is 14.9. The summed E-state index contributed by atoms with van der Waals surface area (Å²) in [6.45, 7) is 0.331. The lowest BCUT2D eigenvalue weighted by Gasteiger charge is -2.08. The van der Waals surface area contributed by atoms with Crippen molar-refractivity contribution < 1.29 is 9.21 Å². The SMILES string of the molecule is O=C(NCc1ccco1)c1cc(Nc2ccc(Br)cc2)ccn1. The fourth-order valence-electron chi connectivity index (χ4n) is 2.00. The monoisotopic (exact) mass is 371 g/mol. The smallest absolute Gasteiger partial charge is 0.270 e. The zero-order chi connectivity index (χ0) is 16.1. The Morgan fingerprint density at radius 2 is 1.96 bits per heavy atom. The molecule has 3 aromatic rings. The lowest BCUT2D eigenvalue weighted by Crippen LogP contribution is -2.23. The van der Waals surface area contributed by atoms with E-state index in [2.05, 4.69) is 31.5 Å². The number of anilines is 2. The van der Waals surface area contributed by atoms with Crippen LogP contribution in [0.15, 0.2) is 69.9 Å². The summed E-state index contributed by atoms with van der Waals surface area (Å²) >= 11 is 3.40. The standard InChI is InChI=1S/C17H14BrN3O2/c18-12-3-5-13(6-4-12)21-14-7-8-19-16(10-14)17(22)20-11-15-2-1-9-23-15/h1-10H,11H2,(H,19,21)(H,20,22). The minimum absolute atomic E-state index is 0.249. The van der Waals surface area contributed by atoms with Crippen LogP contribution in [0, 0.1) is 0 Å². The van der Waals surface area contributed by atoms with Gasteiger partial charge in [0.1, 0.15) is 11.5 Å². The van der Waals surface area contributed by atoms with Crippen LogP contribution in [0.25, 0.3) is 0 Å². The average molecular weight is 372 g/mol. The van der Waals surface area contributed by atoms with Gasteiger partial charge >= 0.3 is 0 Å². The van der Waals surface area contributed by atoms with Gasteiger partial charge in [-0.2, -0.15) is 0 Å². The van der Waals surface area contributed by atoms with E-state index >= 15 is 0 Å². The number of benzene rings is 1. The van der Waals surface area contributed by atoms with Gasteiger partial charge in [0.2, 0.25) is 0 Å². The van der Waals surface area contributed by atoms with Gasteiger partial charge in [0.15, 0.2) is 0 Å². The van der Waals surface area contributed by atoms with E-state index in [9.17, 15) is 4.79 Å². The van der Waals surface area contributed by atoms with E-state index in [0.717, 1.165) is 15.8 Å². The Morgan fingerprint density at radius 1 is 1.13 bits per heavy atom. The highest BCUT2D eigenvalue weighted by Gasteiger charge is 2.08. The number of hydrogen-bond donors (Lipinski definition) is 2. The van der Waals surface area contributed by atoms with E-state index in [1.165, 1.54) is 0 Å². The molecule has 3 rings (SSSR count). The number of halogens is 1. The van der Waals surface area contributed by atoms with Crippen LogP contribution in [-0.2, 0) is 6.54 Å². The Balaban J connectivity index is 1.66. The summed E-state index contributed by atoms with van der Waals surface area (Å²) in [7, 11) is 0. The molecule has 0 aliphatic carbocycles. The molecule has 116 valence electrons. The van der Waals surface area contributed by atoms with Gasteiger partial charge in [-0.25, -0.2) is 0 Å². The average Bonchev–Trinajstić information content (AvgIpc) is 3.08. The van der Waals surface area contributed by atoms with Crippen LogP contribution < -0.4 is 10.6 Å². The molecule has 2 heterocycles. The molecule has 6 heteroatoms. The predicted octanol–water partition coefficient (Wildman–Crippen LogP) is 4.11. The van der Waals surface area contributed by atoms with Crippen LogP contribution in [0.5, 0.6) is 0 Å². The van der Waals surface area contributed by atoms with Gasteiger partial charge in [0.05, 0.1) is 12.8 Å². The van der Waals surface area contributed by atoms with Crippen molar-refractivity contribution in [2.24, 2.45) is 0 Å². The number of rotatable bonds is 5. The van der Waals surface area contributed by atoms with E-state index in [-0.39, 0.29) is 5.91 Å². The lowest BCUT2D eigenvalue weighted by atomic mass is 10.2. The van der Waals surface area contributed by atoms with Crippen LogP contribution in [0.1, 0.15) is 16.2 Å². The number of hydrogen-bond acceptors (Lipinski definition) is 4. The van der Waals surface area contributed by atoms with Crippen molar-refractivity contribution in [3.8, 4) is 0 Å². The van der Waals surface area contributed by atoms with E-state index in [0.29, 0.717) is 18.0 Å². The third kappa shape index (κ3) is 4.20. The molecule has 0 fully saturated rings. The van der Waals surface area contributed by atoms with Crippen LogP contribution >= 0.6 is 15.9 Å². The molecule has 0 bridgehead atoms. The summed E-state index contributed by atoms with van der Waals surface area (Å²) in [4.78, 5) is 16.2. The predicted molar refractivity (Wildman–Crippen MR) is 91.5 cm³/mol. The summed E-state index contributed by atoms with van der Waals surface area (Å²) in [5.41, 5.74) is 2.07. The molecule has 0 unspecified atom stereocenters. The maximum Gasteiger partial charge on any atom is 0.270 e. The first kappa shape index (κ1) is 15.3. The van der Waals surface area contributed by atoms with Crippen LogP contribution in [0.4, 0.5) is 11.4 Å². The number of nitrogens with zero attached hydrogens (tertiary/aromatic N) is 1. The van der Waals surface area contributed by atoms with Gasteiger partial charge in [-0.05, 0) is 48.5 Å². The maximum absolute atomic E-state index is 12.1. The summed E-state index contributed by atoms with van der Waals surface area (Å²) in [6.07, 6.45) is 3.17. The minimum Gasteiger partial charge on any atom is -0.467 e. The van der Waals surface area contributed by atoms with Crippen LogP contribution in [0.2, 0.25) is 0 Å². The summed E-state index contributed by atoms with van der Waals surface area (Å²) < 4.78 is 6.19. The van der Waals surface area contributed by atoms with Crippen molar-refractivity contribution in [1.82, 2.24) is 10.3 Å². The van der Waals surface area contributed by atoms with E-state index in [1.807, 2.05) is 30.3 Å². The second-order valence-electron chi connectivity index (χ2n) is 4.82. The molecule has 0 saturated carbocycles. The van der Waals surface area contributed by atoms with Crippen molar-refractivity contribution in [2.75, 3.05) is 5.32 Å². The lowest BCUT2D eigenvalue weighted by molar-refractivity contribution is 0.0943. The number of carbonyl (C=O) groups excluding carboxylic acids is 1. The minimum atomic E-state index is -0.249. The summed E-state index contributed by atoms with van der Waals surface area (Å²) in [5.74, 6) is 0.448. The Kier molecular flexibility index (Phi) is 4.73. The molecule has 0 spiro atoms. The van der Waals surface area contributed by atoms with Crippen molar-refractivity contribution in [1.29, 1.82) is 0 Å². The van der Waals surface area contributed by atoms with Crippen molar-refractivity contribution in [3.05, 3.63) is 76.9 Å². The van der Waals surface area contributed by atoms with Crippen molar-refractivity contribution >= 4 is 33.2 Å². The quantitative estimate of drug-likeness (QED) is 0.707. The number of furan rings is 1. The zero-order valence-corrected chi connectivity index (χ0v) is 13.7. The van der Waals surface area contributed by atoms with E-state index in [1.54, 1.807) is 30.7 Å². The van der Waals surface area contributed by atoms with E-state index in [4.69, 9.17) is 4.42 Å². The number of aromatic nitrogens is 1. The Labute approximate surface area is 141 Å². The number of pyridine rings is 1. The second-order valence-corrected chi connectivity index (χ2v) is 5.74. The van der Waals surface area contributed by atoms with Gasteiger partial charge in [0, 0.05) is 22.0 Å². The fourth-order valence-corrected chi connectivity index (χ4v) is 2.27. The normalized spacial score (nSPS) is 10.3. The largest absolute Gasteiger partial charge is 0.467 e. The number of amides is 1. The molecule has 0 aliphatic rings. The first-order valence-electron chi connectivity index (χ1n) is 7.00. The third-order valence-electron chi connectivity index (χ3n) is 3.13. The fraction of sp³-hybridized carbons (Fsp3) is 0.0588. The highest BCUT2D eigenvalue weighted by atomic mass is 79.9. The van der Waals surface area contributed by atoms with Crippen molar-refractivity contribution in [3.63, 3.8) is 0 Å². The third-order valence-corrected chi connectivity index (χ3v) is 3.66. The molecule has 1 amide bonds. The van der Waals surface area contributed by atoms with Crippen LogP contribution in [0.3, 0.4) is 0 Å². The molecule has 0 aliphatic heterocycles. The summed E-state index contributed by atoms with van der Waals surface area (Å²) in [5, 5.41) is 6.01. The molecular weight excluding hydrogens is 358 g/mol. The molecule has 2 aromatic heterocycles. The van der Waals surface area contributed by atoms with Gasteiger partial charge < -0.3 is 15.1 Å². The second kappa shape index (κ2) is 7.11. The topological polar surface area (TPSA) is 67.2 Å². The molecular formula is C17H14BrN3O2. The van der Waals surface area contributed by atoms with Crippen molar-refractivity contribution in [2.45, 2.75) is 6.54 Å². The zero-order valence-electron chi connectivity index (χ0n) is 12.1. The molecule has 0 saturated heterocycles. The molecule has 2 N–H and O–H groups in total. The molecule has 23 heavy (non-hydrogen) atoms. The molecule has 1 aromatic carbocycles. The van der Waals surface area contributed by atoms with Gasteiger partial charge in [0.25, 0.3) is 5.91 Å². The van der Waals surface area contributed by atoms with Gasteiger partial charge in [-0.1, -0.05) is 15.9 Å². The van der Waals surface area contributed by atoms with Gasteiger partial charge in [-0.15, -0.1) is 0 Å². The Hall–Kier alpha value is -2.60. The van der Waals surface area contributed by atoms with Crippen LogP contribution in [-0.4, -0.2) is 10.9 Å². The van der Waals surface area contributed by atoms with E-state index < -0.39 is 0 Å². The highest BCUT2D eigenvalue weighted by Crippen LogP contribution is 2.19. The molecule has 0 radical (unpaired) electrons. The maximum atomic E-state index is 12.1. The number of carbonyl (C=O) groups is 1. The Morgan fingerprint density at radius 3 is 2.70 bits per heavy atom. The molecule has 0 atom stereocenters. The number of nitrogens with one attached hydrogen (secondary N) is 2. The first-order chi connectivity index (χ1) is 11.2. The highest BCUT2D eigenvalue weighted by molar-refractivity contribution is 9.10. The van der Waals surface area contributed by atoms with Gasteiger partial charge in [-0.3, -0.25) is 9.78 Å². The Bertz CT molecular complexity index is 786.